The van der Waals surface area contributed by atoms with Gasteiger partial charge in [-0.25, -0.2) is 0 Å². The van der Waals surface area contributed by atoms with E-state index in [1.165, 1.54) is 4.90 Å². The molecule has 0 saturated carbocycles. The molecule has 0 heterocycles. The minimum Gasteiger partial charge on any atom is -0.393 e. The highest BCUT2D eigenvalue weighted by Crippen LogP contribution is 2.16. The quantitative estimate of drug-likeness (QED) is 0.800. The van der Waals surface area contributed by atoms with Gasteiger partial charge in [0, 0.05) is 13.6 Å². The van der Waals surface area contributed by atoms with Crippen molar-refractivity contribution in [2.75, 3.05) is 13.6 Å². The highest BCUT2D eigenvalue weighted by atomic mass is 35.5. The van der Waals surface area contributed by atoms with Crippen LogP contribution in [-0.2, 0) is 4.79 Å². The molecule has 0 aliphatic carbocycles. The zero-order chi connectivity index (χ0) is 17.6. The van der Waals surface area contributed by atoms with Gasteiger partial charge in [0.05, 0.1) is 16.7 Å². The fourth-order valence-corrected chi connectivity index (χ4v) is 2.33. The normalized spacial score (nSPS) is 13.5. The summed E-state index contributed by atoms with van der Waals surface area (Å²) in [6.07, 6.45) is 0.0198. The molecule has 6 heteroatoms. The van der Waals surface area contributed by atoms with Crippen LogP contribution in [0, 0.1) is 5.92 Å². The summed E-state index contributed by atoms with van der Waals surface area (Å²) < 4.78 is 0. The van der Waals surface area contributed by atoms with Gasteiger partial charge in [-0.05, 0) is 31.4 Å². The number of nitrogens with one attached hydrogen (secondary N) is 1. The predicted octanol–water partition coefficient (Wildman–Crippen LogP) is 2.32. The number of rotatable bonds is 7. The van der Waals surface area contributed by atoms with E-state index in [1.54, 1.807) is 38.2 Å². The smallest absolute Gasteiger partial charge is 0.253 e. The van der Waals surface area contributed by atoms with Crippen LogP contribution in [0.2, 0.25) is 5.02 Å². The van der Waals surface area contributed by atoms with Gasteiger partial charge >= 0.3 is 0 Å². The fraction of sp³-hybridized carbons (Fsp3) is 0.529. The molecule has 2 amide bonds. The number of carbonyl (C=O) groups excluding carboxylic acids is 2. The summed E-state index contributed by atoms with van der Waals surface area (Å²) in [5.41, 5.74) is 0.347. The van der Waals surface area contributed by atoms with Gasteiger partial charge in [-0.2, -0.15) is 0 Å². The Morgan fingerprint density at radius 1 is 1.26 bits per heavy atom. The number of nitrogens with zero attached hydrogens (tertiary/aromatic N) is 1. The Balaban J connectivity index is 2.80. The summed E-state index contributed by atoms with van der Waals surface area (Å²) in [6, 6.07) is 6.09. The van der Waals surface area contributed by atoms with Crippen LogP contribution in [0.25, 0.3) is 0 Å². The lowest BCUT2D eigenvalue weighted by atomic mass is 10.0. The first-order valence-electron chi connectivity index (χ1n) is 7.72. The van der Waals surface area contributed by atoms with Crippen molar-refractivity contribution in [3.8, 4) is 0 Å². The first-order chi connectivity index (χ1) is 10.7. The molecule has 0 aliphatic rings. The Hall–Kier alpha value is -1.59. The molecular formula is C17H25ClN2O3. The third-order valence-electron chi connectivity index (χ3n) is 3.60. The number of hydrogen-bond donors (Lipinski definition) is 2. The number of hydrogen-bond acceptors (Lipinski definition) is 3. The number of benzene rings is 1. The van der Waals surface area contributed by atoms with Crippen LogP contribution in [0.1, 0.15) is 37.6 Å². The van der Waals surface area contributed by atoms with E-state index in [9.17, 15) is 14.7 Å². The maximum atomic E-state index is 12.5. The van der Waals surface area contributed by atoms with Crippen molar-refractivity contribution < 1.29 is 14.7 Å². The van der Waals surface area contributed by atoms with Gasteiger partial charge in [-0.3, -0.25) is 9.59 Å². The number of carbonyl (C=O) groups is 2. The lowest BCUT2D eigenvalue weighted by Gasteiger charge is -2.27. The lowest BCUT2D eigenvalue weighted by Crippen LogP contribution is -2.50. The molecule has 0 saturated heterocycles. The number of aliphatic hydroxyl groups is 1. The number of aliphatic hydroxyl groups excluding tert-OH is 1. The van der Waals surface area contributed by atoms with Crippen molar-refractivity contribution in [1.82, 2.24) is 10.2 Å². The van der Waals surface area contributed by atoms with Crippen molar-refractivity contribution >= 4 is 23.4 Å². The van der Waals surface area contributed by atoms with Crippen LogP contribution in [0.15, 0.2) is 24.3 Å². The Bertz CT molecular complexity index is 546. The minimum atomic E-state index is -0.641. The highest BCUT2D eigenvalue weighted by molar-refractivity contribution is 6.33. The van der Waals surface area contributed by atoms with Gasteiger partial charge in [0.25, 0.3) is 5.91 Å². The molecule has 2 N–H and O–H groups in total. The van der Waals surface area contributed by atoms with Crippen molar-refractivity contribution in [2.24, 2.45) is 5.92 Å². The second-order valence-electron chi connectivity index (χ2n) is 6.07. The second-order valence-corrected chi connectivity index (χ2v) is 6.48. The van der Waals surface area contributed by atoms with E-state index in [1.807, 2.05) is 13.8 Å². The average Bonchev–Trinajstić information content (AvgIpc) is 2.49. The van der Waals surface area contributed by atoms with E-state index in [0.717, 1.165) is 0 Å². The average molecular weight is 341 g/mol. The Labute approximate surface area is 142 Å². The van der Waals surface area contributed by atoms with Crippen molar-refractivity contribution in [3.63, 3.8) is 0 Å². The SMILES string of the molecule is CC(O)CCN(C)C(=O)C(NC(=O)c1ccccc1Cl)C(C)C. The van der Waals surface area contributed by atoms with Gasteiger partial charge in [0.1, 0.15) is 6.04 Å². The zero-order valence-electron chi connectivity index (χ0n) is 14.0. The summed E-state index contributed by atoms with van der Waals surface area (Å²) >= 11 is 6.02. The molecule has 128 valence electrons. The van der Waals surface area contributed by atoms with Gasteiger partial charge in [-0.1, -0.05) is 37.6 Å². The fourth-order valence-electron chi connectivity index (χ4n) is 2.11. The lowest BCUT2D eigenvalue weighted by molar-refractivity contribution is -0.133. The molecular weight excluding hydrogens is 316 g/mol. The van der Waals surface area contributed by atoms with E-state index in [2.05, 4.69) is 5.32 Å². The Morgan fingerprint density at radius 2 is 1.87 bits per heavy atom. The molecule has 2 unspecified atom stereocenters. The summed E-state index contributed by atoms with van der Waals surface area (Å²) in [6.45, 7) is 5.86. The summed E-state index contributed by atoms with van der Waals surface area (Å²) in [4.78, 5) is 26.4. The molecule has 0 radical (unpaired) electrons. The molecule has 0 fully saturated rings. The maximum absolute atomic E-state index is 12.5. The van der Waals surface area contributed by atoms with Crippen LogP contribution in [0.5, 0.6) is 0 Å². The molecule has 0 spiro atoms. The summed E-state index contributed by atoms with van der Waals surface area (Å²) in [5.74, 6) is -0.615. The second kappa shape index (κ2) is 8.89. The number of halogens is 1. The molecule has 1 rings (SSSR count). The van der Waals surface area contributed by atoms with Crippen molar-refractivity contribution in [2.45, 2.75) is 39.3 Å². The van der Waals surface area contributed by atoms with Crippen LogP contribution in [0.4, 0.5) is 0 Å². The Morgan fingerprint density at radius 3 is 2.39 bits per heavy atom. The van der Waals surface area contributed by atoms with E-state index >= 15 is 0 Å². The van der Waals surface area contributed by atoms with Crippen molar-refractivity contribution in [3.05, 3.63) is 34.9 Å². The topological polar surface area (TPSA) is 69.6 Å². The molecule has 5 nitrogen and oxygen atoms in total. The standard InChI is InChI=1S/C17H25ClN2O3/c1-11(2)15(17(23)20(4)10-9-12(3)21)19-16(22)13-7-5-6-8-14(13)18/h5-8,11-12,15,21H,9-10H2,1-4H3,(H,19,22). The predicted molar refractivity (Wildman–Crippen MR) is 91.5 cm³/mol. The van der Waals surface area contributed by atoms with E-state index in [4.69, 9.17) is 11.6 Å². The van der Waals surface area contributed by atoms with Crippen LogP contribution < -0.4 is 5.32 Å². The molecule has 0 aromatic heterocycles. The third-order valence-corrected chi connectivity index (χ3v) is 3.93. The van der Waals surface area contributed by atoms with E-state index < -0.39 is 12.1 Å². The summed E-state index contributed by atoms with van der Waals surface area (Å²) in [7, 11) is 1.67. The van der Waals surface area contributed by atoms with Crippen LogP contribution >= 0.6 is 11.6 Å². The van der Waals surface area contributed by atoms with Crippen LogP contribution in [0.3, 0.4) is 0 Å². The number of likely N-dealkylation sites (N-methyl/N-ethyl adjacent to an activating group) is 1. The number of amides is 2. The maximum Gasteiger partial charge on any atom is 0.253 e. The third kappa shape index (κ3) is 5.84. The van der Waals surface area contributed by atoms with Crippen molar-refractivity contribution in [1.29, 1.82) is 0 Å². The largest absolute Gasteiger partial charge is 0.393 e. The molecule has 1 aromatic rings. The molecule has 0 aliphatic heterocycles. The summed E-state index contributed by atoms with van der Waals surface area (Å²) in [5, 5.41) is 12.4. The molecule has 23 heavy (non-hydrogen) atoms. The van der Waals surface area contributed by atoms with Crippen LogP contribution in [-0.4, -0.2) is 47.6 Å². The highest BCUT2D eigenvalue weighted by Gasteiger charge is 2.27. The van der Waals surface area contributed by atoms with Gasteiger partial charge in [0.15, 0.2) is 0 Å². The van der Waals surface area contributed by atoms with Gasteiger partial charge in [0.2, 0.25) is 5.91 Å². The van der Waals surface area contributed by atoms with Gasteiger partial charge in [-0.15, -0.1) is 0 Å². The Kier molecular flexibility index (Phi) is 7.52. The van der Waals surface area contributed by atoms with Gasteiger partial charge < -0.3 is 15.3 Å². The molecule has 0 bridgehead atoms. The molecule has 1 aromatic carbocycles. The zero-order valence-corrected chi connectivity index (χ0v) is 14.8. The monoisotopic (exact) mass is 340 g/mol. The van der Waals surface area contributed by atoms with E-state index in [0.29, 0.717) is 23.6 Å². The van der Waals surface area contributed by atoms with E-state index in [-0.39, 0.29) is 17.7 Å². The molecule has 2 atom stereocenters. The first-order valence-corrected chi connectivity index (χ1v) is 8.10. The first kappa shape index (κ1) is 19.5. The minimum absolute atomic E-state index is 0.0667.